The zero-order valence-corrected chi connectivity index (χ0v) is 13.0. The van der Waals surface area contributed by atoms with Gasteiger partial charge in [-0.2, -0.15) is 29.8 Å². The minimum atomic E-state index is -2.93. The quantitative estimate of drug-likeness (QED) is 0.802. The van der Waals surface area contributed by atoms with E-state index in [1.54, 1.807) is 6.07 Å². The molecule has 0 heterocycles. The van der Waals surface area contributed by atoms with Crippen molar-refractivity contribution in [1.82, 2.24) is 0 Å². The van der Waals surface area contributed by atoms with Gasteiger partial charge in [0.15, 0.2) is 0 Å². The van der Waals surface area contributed by atoms with Crippen molar-refractivity contribution in [3.63, 3.8) is 0 Å². The molecule has 0 unspecified atom stereocenters. The number of benzene rings is 1. The zero-order valence-electron chi connectivity index (χ0n) is 9.32. The Bertz CT molecular complexity index is 393. The second-order valence-electron chi connectivity index (χ2n) is 3.88. The molecule has 0 aliphatic rings. The van der Waals surface area contributed by atoms with E-state index in [0.717, 1.165) is 11.1 Å². The van der Waals surface area contributed by atoms with E-state index in [0.29, 0.717) is 5.92 Å². The van der Waals surface area contributed by atoms with Crippen LogP contribution in [0.25, 0.3) is 0 Å². The third kappa shape index (κ3) is 5.79. The molecule has 0 N–H and O–H groups in total. The molecular weight excluding hydrogens is 285 g/mol. The summed E-state index contributed by atoms with van der Waals surface area (Å²) >= 11 is 0. The van der Waals surface area contributed by atoms with Gasteiger partial charge < -0.3 is 0 Å². The number of hydrogen-bond acceptors (Lipinski definition) is 2. The summed E-state index contributed by atoms with van der Waals surface area (Å²) in [5, 5.41) is 0. The van der Waals surface area contributed by atoms with Crippen LogP contribution < -0.4 is 0 Å². The largest absolute Gasteiger partial charge is 0.230 e. The summed E-state index contributed by atoms with van der Waals surface area (Å²) < 4.78 is 22.0. The van der Waals surface area contributed by atoms with Crippen LogP contribution in [0.5, 0.6) is 0 Å². The maximum absolute atomic E-state index is 11.0. The summed E-state index contributed by atoms with van der Waals surface area (Å²) in [5.74, 6) is 0.532. The summed E-state index contributed by atoms with van der Waals surface area (Å²) in [6, 6.07) is 8.64. The van der Waals surface area contributed by atoms with Crippen LogP contribution in [0.1, 0.15) is 30.9 Å². The smallest absolute Gasteiger partial charge is 0.140 e. The Labute approximate surface area is 117 Å². The van der Waals surface area contributed by atoms with Gasteiger partial charge in [-0.1, -0.05) is 13.8 Å². The summed E-state index contributed by atoms with van der Waals surface area (Å²) in [6.07, 6.45) is 1.24. The van der Waals surface area contributed by atoms with Gasteiger partial charge in [-0.3, -0.25) is 0 Å². The molecule has 0 saturated heterocycles. The topological polar surface area (TPSA) is 34.1 Å². The van der Waals surface area contributed by atoms with Gasteiger partial charge in [0.2, 0.25) is 0 Å². The molecule has 1 rings (SSSR count). The molecule has 2 nitrogen and oxygen atoms in total. The summed E-state index contributed by atoms with van der Waals surface area (Å²) in [4.78, 5) is 0. The van der Waals surface area contributed by atoms with E-state index in [1.807, 2.05) is 12.1 Å². The molecule has 0 amide bonds. The minimum Gasteiger partial charge on any atom is -0.230 e. The first-order valence-corrected chi connectivity index (χ1v) is 6.63. The fourth-order valence-electron chi connectivity index (χ4n) is 1.22. The Balaban J connectivity index is 0.00000196. The molecule has 0 saturated carbocycles. The second kappa shape index (κ2) is 6.12. The minimum absolute atomic E-state index is 0. The van der Waals surface area contributed by atoms with E-state index in [4.69, 9.17) is 0 Å². The second-order valence-corrected chi connectivity index (χ2v) is 6.02. The number of hydrogen-bond donors (Lipinski definition) is 0. The molecule has 4 heteroatoms. The average molecular weight is 300 g/mol. The van der Waals surface area contributed by atoms with Gasteiger partial charge in [-0.05, 0) is 5.92 Å². The van der Waals surface area contributed by atoms with Crippen LogP contribution in [0.15, 0.2) is 18.2 Å². The third-order valence-corrected chi connectivity index (χ3v) is 2.81. The van der Waals surface area contributed by atoms with Gasteiger partial charge in [0, 0.05) is 44.7 Å². The Morgan fingerprint density at radius 2 is 1.93 bits per heavy atom. The van der Waals surface area contributed by atoms with Crippen LogP contribution in [0.3, 0.4) is 0 Å². The Morgan fingerprint density at radius 1 is 1.33 bits per heavy atom. The molecule has 1 aromatic rings. The molecule has 0 atom stereocenters. The fourth-order valence-corrected chi connectivity index (χ4v) is 2.01. The van der Waals surface area contributed by atoms with Crippen molar-refractivity contribution in [1.29, 1.82) is 0 Å². The average Bonchev–Trinajstić information content (AvgIpc) is 2.02. The van der Waals surface area contributed by atoms with Crippen molar-refractivity contribution in [3.8, 4) is 0 Å². The normalized spacial score (nSPS) is 11.2. The molecule has 15 heavy (non-hydrogen) atoms. The van der Waals surface area contributed by atoms with Gasteiger partial charge in [0.1, 0.15) is 9.84 Å². The first-order valence-electron chi connectivity index (χ1n) is 4.57. The predicted molar refractivity (Wildman–Crippen MR) is 57.9 cm³/mol. The zero-order chi connectivity index (χ0) is 10.8. The van der Waals surface area contributed by atoms with Gasteiger partial charge in [-0.25, -0.2) is 8.42 Å². The first kappa shape index (κ1) is 15.3. The maximum Gasteiger partial charge on any atom is 0.140 e. The van der Waals surface area contributed by atoms with Crippen molar-refractivity contribution < 1.29 is 41.1 Å². The molecule has 0 aliphatic carbocycles. The Morgan fingerprint density at radius 3 is 2.27 bits per heavy atom. The molecule has 0 fully saturated rings. The Hall–Kier alpha value is 0.274. The fraction of sp³-hybridized carbons (Fsp3) is 0.455. The van der Waals surface area contributed by atoms with Gasteiger partial charge >= 0.3 is 0 Å². The number of rotatable bonds is 3. The van der Waals surface area contributed by atoms with E-state index in [-0.39, 0.29) is 38.5 Å². The summed E-state index contributed by atoms with van der Waals surface area (Å²) in [7, 11) is -2.93. The van der Waals surface area contributed by atoms with E-state index in [1.165, 1.54) is 6.26 Å². The molecule has 0 aromatic heterocycles. The van der Waals surface area contributed by atoms with Crippen LogP contribution in [0.4, 0.5) is 0 Å². The van der Waals surface area contributed by atoms with Crippen molar-refractivity contribution in [2.24, 2.45) is 0 Å². The standard InChI is InChI=1S/C11H15O2S.Y/c1-9(2)11-6-4-10(5-7-11)8-14(3,12)13;/h4-6,9H,8H2,1-3H3;/q-1;. The molecule has 0 bridgehead atoms. The van der Waals surface area contributed by atoms with Crippen LogP contribution in [-0.2, 0) is 48.3 Å². The van der Waals surface area contributed by atoms with Crippen LogP contribution in [0.2, 0.25) is 0 Å². The maximum atomic E-state index is 11.0. The number of sulfone groups is 1. The molecular formula is C11H15O2SY-. The van der Waals surface area contributed by atoms with Crippen LogP contribution >= 0.6 is 0 Å². The van der Waals surface area contributed by atoms with E-state index in [2.05, 4.69) is 19.9 Å². The summed E-state index contributed by atoms with van der Waals surface area (Å²) in [6.45, 7) is 4.17. The monoisotopic (exact) mass is 300 g/mol. The van der Waals surface area contributed by atoms with E-state index in [9.17, 15) is 8.42 Å². The SMILES string of the molecule is CC(C)c1[c-]cc(CS(C)(=O)=O)cc1.[Y]. The Kier molecular flexibility index (Phi) is 6.23. The van der Waals surface area contributed by atoms with Crippen molar-refractivity contribution in [2.45, 2.75) is 25.5 Å². The van der Waals surface area contributed by atoms with Crippen molar-refractivity contribution in [2.75, 3.05) is 6.26 Å². The van der Waals surface area contributed by atoms with Gasteiger partial charge in [-0.15, -0.1) is 5.56 Å². The van der Waals surface area contributed by atoms with Crippen molar-refractivity contribution >= 4 is 9.84 Å². The predicted octanol–water partition coefficient (Wildman–Crippen LogP) is 2.15. The molecule has 81 valence electrons. The first-order chi connectivity index (χ1) is 6.38. The van der Waals surface area contributed by atoms with E-state index < -0.39 is 9.84 Å². The molecule has 0 aliphatic heterocycles. The molecule has 1 radical (unpaired) electrons. The van der Waals surface area contributed by atoms with Crippen molar-refractivity contribution in [3.05, 3.63) is 35.4 Å². The molecule has 1 aromatic carbocycles. The van der Waals surface area contributed by atoms with Gasteiger partial charge in [0.05, 0.1) is 0 Å². The van der Waals surface area contributed by atoms with Crippen LogP contribution in [0, 0.1) is 6.07 Å². The van der Waals surface area contributed by atoms with Gasteiger partial charge in [0.25, 0.3) is 0 Å². The van der Waals surface area contributed by atoms with Crippen LogP contribution in [-0.4, -0.2) is 14.7 Å². The molecule has 0 spiro atoms. The summed E-state index contributed by atoms with van der Waals surface area (Å²) in [5.41, 5.74) is 1.92. The third-order valence-electron chi connectivity index (χ3n) is 1.95. The van der Waals surface area contributed by atoms with E-state index >= 15 is 0 Å².